The van der Waals surface area contributed by atoms with Crippen molar-refractivity contribution in [2.24, 2.45) is 0 Å². The van der Waals surface area contributed by atoms with Crippen molar-refractivity contribution in [3.8, 4) is 0 Å². The van der Waals surface area contributed by atoms with Crippen LogP contribution in [0.2, 0.25) is 0 Å². The highest BCUT2D eigenvalue weighted by molar-refractivity contribution is 5.91. The molecule has 1 heterocycles. The highest BCUT2D eigenvalue weighted by Crippen LogP contribution is 2.38. The summed E-state index contributed by atoms with van der Waals surface area (Å²) < 4.78 is 1.25. The molecule has 0 aliphatic heterocycles. The summed E-state index contributed by atoms with van der Waals surface area (Å²) in [5, 5.41) is 7.21. The van der Waals surface area contributed by atoms with Crippen LogP contribution in [0.4, 0.5) is 5.69 Å². The molecule has 0 saturated heterocycles. The van der Waals surface area contributed by atoms with E-state index in [-0.39, 0.29) is 18.0 Å². The fourth-order valence-electron chi connectivity index (χ4n) is 2.61. The van der Waals surface area contributed by atoms with E-state index >= 15 is 0 Å². The van der Waals surface area contributed by atoms with Crippen LogP contribution in [0, 0.1) is 0 Å². The Labute approximate surface area is 135 Å². The van der Waals surface area contributed by atoms with Gasteiger partial charge in [-0.05, 0) is 36.5 Å². The van der Waals surface area contributed by atoms with Crippen LogP contribution in [0.1, 0.15) is 49.8 Å². The van der Waals surface area contributed by atoms with Crippen molar-refractivity contribution in [1.82, 2.24) is 9.78 Å². The minimum absolute atomic E-state index is 0.0637. The van der Waals surface area contributed by atoms with Gasteiger partial charge >= 0.3 is 0 Å². The number of para-hydroxylation sites is 1. The Morgan fingerprint density at radius 3 is 2.70 bits per heavy atom. The van der Waals surface area contributed by atoms with Gasteiger partial charge in [-0.3, -0.25) is 9.59 Å². The molecule has 1 N–H and O–H groups in total. The molecule has 1 aromatic heterocycles. The van der Waals surface area contributed by atoms with Crippen LogP contribution in [0.3, 0.4) is 0 Å². The maximum absolute atomic E-state index is 12.3. The first kappa shape index (κ1) is 15.5. The third kappa shape index (κ3) is 3.67. The third-order valence-corrected chi connectivity index (χ3v) is 4.03. The van der Waals surface area contributed by atoms with E-state index in [0.29, 0.717) is 11.8 Å². The fraction of sp³-hybridized carbons (Fsp3) is 0.389. The number of hydrogen-bond donors (Lipinski definition) is 1. The lowest BCUT2D eigenvalue weighted by Gasteiger charge is -2.14. The summed E-state index contributed by atoms with van der Waals surface area (Å²) in [5.41, 5.74) is 2.52. The Kier molecular flexibility index (Phi) is 4.28. The van der Waals surface area contributed by atoms with Crippen molar-refractivity contribution < 1.29 is 4.79 Å². The molecule has 0 atom stereocenters. The van der Waals surface area contributed by atoms with Crippen molar-refractivity contribution in [3.05, 3.63) is 58.0 Å². The molecule has 1 amide bonds. The van der Waals surface area contributed by atoms with Crippen LogP contribution in [0.15, 0.2) is 41.2 Å². The number of rotatable bonds is 5. The van der Waals surface area contributed by atoms with Crippen molar-refractivity contribution >= 4 is 11.6 Å². The lowest BCUT2D eigenvalue weighted by molar-refractivity contribution is -0.117. The van der Waals surface area contributed by atoms with Gasteiger partial charge in [0.2, 0.25) is 5.91 Å². The molecule has 0 bridgehead atoms. The normalized spacial score (nSPS) is 14.0. The molecular weight excluding hydrogens is 290 g/mol. The van der Waals surface area contributed by atoms with Crippen LogP contribution in [0.25, 0.3) is 0 Å². The third-order valence-electron chi connectivity index (χ3n) is 4.03. The van der Waals surface area contributed by atoms with Gasteiger partial charge in [0, 0.05) is 17.7 Å². The first-order chi connectivity index (χ1) is 11.0. The molecule has 0 unspecified atom stereocenters. The van der Waals surface area contributed by atoms with Gasteiger partial charge in [0.15, 0.2) is 0 Å². The number of nitrogens with zero attached hydrogens (tertiary/aromatic N) is 2. The Morgan fingerprint density at radius 2 is 2.00 bits per heavy atom. The molecule has 1 aliphatic carbocycles. The molecule has 120 valence electrons. The number of hydrogen-bond acceptors (Lipinski definition) is 3. The van der Waals surface area contributed by atoms with E-state index in [1.807, 2.05) is 24.3 Å². The van der Waals surface area contributed by atoms with E-state index in [2.05, 4.69) is 24.3 Å². The van der Waals surface area contributed by atoms with Crippen molar-refractivity contribution in [2.75, 3.05) is 5.32 Å². The van der Waals surface area contributed by atoms with Crippen molar-refractivity contribution in [3.63, 3.8) is 0 Å². The number of amides is 1. The molecule has 5 heteroatoms. The SMILES string of the molecule is CC(C)c1ccccc1NC(=O)Cn1nc(C2CC2)ccc1=O. The van der Waals surface area contributed by atoms with Gasteiger partial charge in [0.05, 0.1) is 5.69 Å². The van der Waals surface area contributed by atoms with E-state index in [4.69, 9.17) is 0 Å². The van der Waals surface area contributed by atoms with E-state index < -0.39 is 0 Å². The van der Waals surface area contributed by atoms with Gasteiger partial charge in [-0.25, -0.2) is 4.68 Å². The number of carbonyl (C=O) groups is 1. The van der Waals surface area contributed by atoms with Gasteiger partial charge in [0.1, 0.15) is 6.54 Å². The van der Waals surface area contributed by atoms with E-state index in [9.17, 15) is 9.59 Å². The summed E-state index contributed by atoms with van der Waals surface area (Å²) in [4.78, 5) is 24.2. The van der Waals surface area contributed by atoms with Crippen LogP contribution < -0.4 is 10.9 Å². The van der Waals surface area contributed by atoms with E-state index in [1.54, 1.807) is 6.07 Å². The molecule has 3 rings (SSSR count). The zero-order valence-electron chi connectivity index (χ0n) is 13.5. The zero-order chi connectivity index (χ0) is 16.4. The molecule has 23 heavy (non-hydrogen) atoms. The second-order valence-electron chi connectivity index (χ2n) is 6.32. The van der Waals surface area contributed by atoms with Crippen molar-refractivity contribution in [2.45, 2.75) is 45.1 Å². The zero-order valence-corrected chi connectivity index (χ0v) is 13.5. The number of anilines is 1. The van der Waals surface area contributed by atoms with Gasteiger partial charge in [0.25, 0.3) is 5.56 Å². The molecule has 0 radical (unpaired) electrons. The minimum Gasteiger partial charge on any atom is -0.324 e. The van der Waals surface area contributed by atoms with Gasteiger partial charge < -0.3 is 5.32 Å². The Balaban J connectivity index is 1.75. The topological polar surface area (TPSA) is 64.0 Å². The molecule has 1 aliphatic rings. The number of benzene rings is 1. The highest BCUT2D eigenvalue weighted by atomic mass is 16.2. The first-order valence-electron chi connectivity index (χ1n) is 8.01. The summed E-state index contributed by atoms with van der Waals surface area (Å²) in [7, 11) is 0. The molecular formula is C18H21N3O2. The second-order valence-corrected chi connectivity index (χ2v) is 6.32. The van der Waals surface area contributed by atoms with E-state index in [1.165, 1.54) is 10.7 Å². The molecule has 1 aromatic carbocycles. The summed E-state index contributed by atoms with van der Waals surface area (Å²) in [6, 6.07) is 11.0. The van der Waals surface area contributed by atoms with E-state index in [0.717, 1.165) is 29.8 Å². The average Bonchev–Trinajstić information content (AvgIpc) is 3.34. The van der Waals surface area contributed by atoms with Gasteiger partial charge in [-0.2, -0.15) is 5.10 Å². The van der Waals surface area contributed by atoms with Crippen molar-refractivity contribution in [1.29, 1.82) is 0 Å². The smallest absolute Gasteiger partial charge is 0.267 e. The molecule has 1 saturated carbocycles. The second kappa shape index (κ2) is 6.36. The minimum atomic E-state index is -0.248. The Morgan fingerprint density at radius 1 is 1.26 bits per heavy atom. The van der Waals surface area contributed by atoms with Crippen LogP contribution >= 0.6 is 0 Å². The summed E-state index contributed by atoms with van der Waals surface area (Å²) >= 11 is 0. The van der Waals surface area contributed by atoms with Crippen LogP contribution in [-0.4, -0.2) is 15.7 Å². The molecule has 1 fully saturated rings. The average molecular weight is 311 g/mol. The van der Waals surface area contributed by atoms with Gasteiger partial charge in [-0.1, -0.05) is 32.0 Å². The summed E-state index contributed by atoms with van der Waals surface area (Å²) in [6.07, 6.45) is 2.22. The van der Waals surface area contributed by atoms with Crippen LogP contribution in [0.5, 0.6) is 0 Å². The standard InChI is InChI=1S/C18H21N3O2/c1-12(2)14-5-3-4-6-16(14)19-17(22)11-21-18(23)10-9-15(20-21)13-7-8-13/h3-6,9-10,12-13H,7-8,11H2,1-2H3,(H,19,22). The Hall–Kier alpha value is -2.43. The van der Waals surface area contributed by atoms with Gasteiger partial charge in [-0.15, -0.1) is 0 Å². The lowest BCUT2D eigenvalue weighted by atomic mass is 10.0. The lowest BCUT2D eigenvalue weighted by Crippen LogP contribution is -2.30. The molecule has 0 spiro atoms. The maximum Gasteiger partial charge on any atom is 0.267 e. The summed E-state index contributed by atoms with van der Waals surface area (Å²) in [5.74, 6) is 0.526. The number of aromatic nitrogens is 2. The Bertz CT molecular complexity index is 776. The predicted octanol–water partition coefficient (Wildman–Crippen LogP) is 2.88. The molecule has 2 aromatic rings. The predicted molar refractivity (Wildman–Crippen MR) is 89.6 cm³/mol. The largest absolute Gasteiger partial charge is 0.324 e. The number of nitrogens with one attached hydrogen (secondary N) is 1. The highest BCUT2D eigenvalue weighted by Gasteiger charge is 2.25. The molecule has 5 nitrogen and oxygen atoms in total. The maximum atomic E-state index is 12.3. The van der Waals surface area contributed by atoms with Crippen LogP contribution in [-0.2, 0) is 11.3 Å². The monoisotopic (exact) mass is 311 g/mol. The number of carbonyl (C=O) groups excluding carboxylic acids is 1. The quantitative estimate of drug-likeness (QED) is 0.923. The summed E-state index contributed by atoms with van der Waals surface area (Å²) in [6.45, 7) is 4.10. The first-order valence-corrected chi connectivity index (χ1v) is 8.01. The fourth-order valence-corrected chi connectivity index (χ4v) is 2.61.